The van der Waals surface area contributed by atoms with Gasteiger partial charge in [-0.3, -0.25) is 0 Å². The van der Waals surface area contributed by atoms with Gasteiger partial charge in [0.25, 0.3) is 0 Å². The molecule has 0 aromatic heterocycles. The average Bonchev–Trinajstić information content (AvgIpc) is 2.56. The third-order valence-electron chi connectivity index (χ3n) is 3.98. The molecule has 0 bridgehead atoms. The highest BCUT2D eigenvalue weighted by molar-refractivity contribution is 7.99. The third-order valence-corrected chi connectivity index (χ3v) is 4.96. The van der Waals surface area contributed by atoms with E-state index in [2.05, 4.69) is 0 Å². The summed E-state index contributed by atoms with van der Waals surface area (Å²) >= 11 is 1.08. The summed E-state index contributed by atoms with van der Waals surface area (Å²) in [6.07, 6.45) is -2.74. The molecule has 0 aliphatic carbocycles. The molecule has 0 radical (unpaired) electrons. The summed E-state index contributed by atoms with van der Waals surface area (Å²) < 4.78 is 52.5. The monoisotopic (exact) mass is 423 g/mol. The van der Waals surface area contributed by atoms with Crippen molar-refractivity contribution in [3.05, 3.63) is 59.4 Å². The Balaban J connectivity index is 0.00000364. The molecule has 27 heavy (non-hydrogen) atoms. The number of alkyl halides is 3. The van der Waals surface area contributed by atoms with Crippen LogP contribution in [0.1, 0.15) is 30.9 Å². The van der Waals surface area contributed by atoms with Crippen LogP contribution >= 0.6 is 24.2 Å². The molecular formula is C19H22ClF4NOS. The lowest BCUT2D eigenvalue weighted by molar-refractivity contribution is -0.137. The highest BCUT2D eigenvalue weighted by Crippen LogP contribution is 2.34. The number of rotatable bonds is 7. The lowest BCUT2D eigenvalue weighted by Gasteiger charge is -2.21. The van der Waals surface area contributed by atoms with E-state index in [-0.39, 0.29) is 19.0 Å². The van der Waals surface area contributed by atoms with Gasteiger partial charge in [0, 0.05) is 15.3 Å². The van der Waals surface area contributed by atoms with Crippen molar-refractivity contribution in [3.63, 3.8) is 0 Å². The van der Waals surface area contributed by atoms with E-state index in [0.29, 0.717) is 34.6 Å². The zero-order valence-corrected chi connectivity index (χ0v) is 16.4. The fourth-order valence-corrected chi connectivity index (χ4v) is 3.33. The highest BCUT2D eigenvalue weighted by atomic mass is 35.5. The fourth-order valence-electron chi connectivity index (χ4n) is 2.43. The molecule has 0 saturated carbocycles. The number of halogens is 5. The topological polar surface area (TPSA) is 46.2 Å². The van der Waals surface area contributed by atoms with Crippen LogP contribution in [0.4, 0.5) is 17.6 Å². The highest BCUT2D eigenvalue weighted by Gasteiger charge is 2.30. The van der Waals surface area contributed by atoms with E-state index in [0.717, 1.165) is 23.9 Å². The molecule has 0 saturated heterocycles. The number of benzene rings is 2. The van der Waals surface area contributed by atoms with Gasteiger partial charge in [0.1, 0.15) is 5.82 Å². The zero-order valence-electron chi connectivity index (χ0n) is 14.7. The predicted molar refractivity (Wildman–Crippen MR) is 102 cm³/mol. The molecule has 8 heteroatoms. The van der Waals surface area contributed by atoms with E-state index in [1.807, 2.05) is 0 Å². The molecular weight excluding hydrogens is 402 g/mol. The number of aryl methyl sites for hydroxylation is 1. The minimum atomic E-state index is -4.41. The van der Waals surface area contributed by atoms with Crippen molar-refractivity contribution in [2.24, 2.45) is 5.73 Å². The van der Waals surface area contributed by atoms with Gasteiger partial charge in [-0.1, -0.05) is 23.9 Å². The molecule has 0 heterocycles. The van der Waals surface area contributed by atoms with Crippen LogP contribution in [0.25, 0.3) is 0 Å². The molecule has 0 aliphatic rings. The lowest BCUT2D eigenvalue weighted by Crippen LogP contribution is -2.40. The maximum atomic E-state index is 14.2. The number of nitrogens with two attached hydrogens (primary N) is 1. The van der Waals surface area contributed by atoms with Crippen molar-refractivity contribution in [2.75, 3.05) is 6.61 Å². The Morgan fingerprint density at radius 2 is 1.74 bits per heavy atom. The smallest absolute Gasteiger partial charge is 0.394 e. The van der Waals surface area contributed by atoms with Crippen LogP contribution < -0.4 is 5.73 Å². The number of aliphatic hydroxyl groups excluding tert-OH is 1. The van der Waals surface area contributed by atoms with Gasteiger partial charge < -0.3 is 10.8 Å². The summed E-state index contributed by atoms with van der Waals surface area (Å²) in [5.41, 5.74) is 4.95. The molecule has 0 aliphatic heterocycles. The first-order valence-electron chi connectivity index (χ1n) is 8.14. The number of aliphatic hydroxyl groups is 1. The first kappa shape index (κ1) is 23.8. The van der Waals surface area contributed by atoms with Crippen LogP contribution in [0.2, 0.25) is 0 Å². The van der Waals surface area contributed by atoms with Gasteiger partial charge in [0.15, 0.2) is 0 Å². The molecule has 2 nitrogen and oxygen atoms in total. The normalized spacial score (nSPS) is 13.7. The third kappa shape index (κ3) is 7.33. The van der Waals surface area contributed by atoms with Crippen LogP contribution in [0.15, 0.2) is 52.3 Å². The van der Waals surface area contributed by atoms with Gasteiger partial charge in [-0.15, -0.1) is 12.4 Å². The second-order valence-corrected chi connectivity index (χ2v) is 7.69. The molecule has 3 N–H and O–H groups in total. The van der Waals surface area contributed by atoms with Gasteiger partial charge >= 0.3 is 6.18 Å². The maximum absolute atomic E-state index is 14.2. The molecule has 2 aromatic carbocycles. The van der Waals surface area contributed by atoms with Crippen molar-refractivity contribution >= 4 is 24.2 Å². The van der Waals surface area contributed by atoms with Crippen molar-refractivity contribution in [1.29, 1.82) is 0 Å². The van der Waals surface area contributed by atoms with E-state index in [1.54, 1.807) is 25.1 Å². The van der Waals surface area contributed by atoms with E-state index in [4.69, 9.17) is 10.8 Å². The molecule has 0 amide bonds. The van der Waals surface area contributed by atoms with Gasteiger partial charge in [0.05, 0.1) is 12.2 Å². The Hall–Kier alpha value is -1.28. The summed E-state index contributed by atoms with van der Waals surface area (Å²) in [7, 11) is 0. The summed E-state index contributed by atoms with van der Waals surface area (Å²) in [5, 5.41) is 9.12. The van der Waals surface area contributed by atoms with Gasteiger partial charge in [-0.2, -0.15) is 13.2 Å². The Kier molecular flexibility index (Phi) is 8.60. The SMILES string of the molecule is C[C@](N)(CO)CCCc1ccc(Sc2cccc(C(F)(F)F)c2)cc1F.Cl. The zero-order chi connectivity index (χ0) is 19.4. The minimum absolute atomic E-state index is 0. The van der Waals surface area contributed by atoms with E-state index >= 15 is 0 Å². The molecule has 1 atom stereocenters. The molecule has 2 aromatic rings. The Labute approximate surface area is 166 Å². The van der Waals surface area contributed by atoms with Crippen molar-refractivity contribution in [2.45, 2.75) is 47.7 Å². The van der Waals surface area contributed by atoms with Gasteiger partial charge in [-0.25, -0.2) is 4.39 Å². The average molecular weight is 424 g/mol. The fraction of sp³-hybridized carbons (Fsp3) is 0.368. The quantitative estimate of drug-likeness (QED) is 0.582. The van der Waals surface area contributed by atoms with Gasteiger partial charge in [0.2, 0.25) is 0 Å². The summed E-state index contributed by atoms with van der Waals surface area (Å²) in [5.74, 6) is -0.398. The molecule has 2 rings (SSSR count). The van der Waals surface area contributed by atoms with E-state index in [9.17, 15) is 17.6 Å². The van der Waals surface area contributed by atoms with Crippen molar-refractivity contribution < 1.29 is 22.7 Å². The number of hydrogen-bond acceptors (Lipinski definition) is 3. The first-order valence-corrected chi connectivity index (χ1v) is 8.96. The Bertz CT molecular complexity index is 753. The van der Waals surface area contributed by atoms with Crippen LogP contribution in [0.5, 0.6) is 0 Å². The molecule has 0 unspecified atom stereocenters. The second kappa shape index (κ2) is 9.78. The van der Waals surface area contributed by atoms with Gasteiger partial charge in [-0.05, 0) is 62.1 Å². The number of hydrogen-bond donors (Lipinski definition) is 2. The molecule has 0 fully saturated rings. The minimum Gasteiger partial charge on any atom is -0.394 e. The second-order valence-electron chi connectivity index (χ2n) is 6.55. The van der Waals surface area contributed by atoms with Crippen molar-refractivity contribution in [1.82, 2.24) is 0 Å². The Morgan fingerprint density at radius 1 is 1.07 bits per heavy atom. The first-order chi connectivity index (χ1) is 12.1. The predicted octanol–water partition coefficient (Wildman–Crippen LogP) is 5.45. The standard InChI is InChI=1S/C19H21F4NOS.ClH/c1-18(24,12-25)9-3-4-13-7-8-16(11-17(13)20)26-15-6-2-5-14(10-15)19(21,22)23;/h2,5-8,10-11,25H,3-4,9,12,24H2,1H3;1H/t18-;/m1./s1. The maximum Gasteiger partial charge on any atom is 0.416 e. The van der Waals surface area contributed by atoms with E-state index in [1.165, 1.54) is 12.1 Å². The Morgan fingerprint density at radius 3 is 2.33 bits per heavy atom. The largest absolute Gasteiger partial charge is 0.416 e. The van der Waals surface area contributed by atoms with Crippen LogP contribution in [0, 0.1) is 5.82 Å². The summed E-state index contributed by atoms with van der Waals surface area (Å²) in [6.45, 7) is 1.60. The molecule has 0 spiro atoms. The molecule has 150 valence electrons. The summed E-state index contributed by atoms with van der Waals surface area (Å²) in [6, 6.07) is 9.60. The van der Waals surface area contributed by atoms with E-state index < -0.39 is 23.1 Å². The summed E-state index contributed by atoms with van der Waals surface area (Å²) in [4.78, 5) is 0.929. The van der Waals surface area contributed by atoms with Crippen LogP contribution in [0.3, 0.4) is 0 Å². The van der Waals surface area contributed by atoms with Crippen LogP contribution in [-0.2, 0) is 12.6 Å². The van der Waals surface area contributed by atoms with Crippen LogP contribution in [-0.4, -0.2) is 17.3 Å². The lowest BCUT2D eigenvalue weighted by atomic mass is 9.95. The van der Waals surface area contributed by atoms with Crippen molar-refractivity contribution in [3.8, 4) is 0 Å².